The van der Waals surface area contributed by atoms with Crippen molar-refractivity contribution in [1.29, 1.82) is 0 Å². The van der Waals surface area contributed by atoms with Crippen LogP contribution in [0.15, 0.2) is 231 Å². The van der Waals surface area contributed by atoms with E-state index in [4.69, 9.17) is 0 Å². The normalized spacial score (nSPS) is 11.4. The molecule has 0 aliphatic rings. The van der Waals surface area contributed by atoms with E-state index < -0.39 is 0 Å². The molecule has 0 saturated carbocycles. The number of fused-ring (bicyclic) bond motifs is 4. The van der Waals surface area contributed by atoms with Gasteiger partial charge in [0.25, 0.3) is 0 Å². The Labute approximate surface area is 339 Å². The van der Waals surface area contributed by atoms with Crippen LogP contribution in [-0.4, -0.2) is 0 Å². The largest absolute Gasteiger partial charge is 0.0616 e. The fourth-order valence-corrected chi connectivity index (χ4v) is 8.78. The third-order valence-electron chi connectivity index (χ3n) is 11.8. The van der Waals surface area contributed by atoms with Gasteiger partial charge in [-0.2, -0.15) is 0 Å². The van der Waals surface area contributed by atoms with Crippen LogP contribution in [0.2, 0.25) is 0 Å². The molecule has 58 heavy (non-hydrogen) atoms. The number of rotatable bonds is 6. The summed E-state index contributed by atoms with van der Waals surface area (Å²) in [6.45, 7) is 0. The third-order valence-corrected chi connectivity index (χ3v) is 11.8. The monoisotopic (exact) mass is 734 g/mol. The molecule has 0 heteroatoms. The molecule has 0 saturated heterocycles. The Balaban J connectivity index is 1.05. The first kappa shape index (κ1) is 33.8. The molecule has 0 radical (unpaired) electrons. The van der Waals surface area contributed by atoms with Crippen molar-refractivity contribution in [2.24, 2.45) is 0 Å². The molecule has 0 heterocycles. The van der Waals surface area contributed by atoms with Crippen LogP contribution < -0.4 is 0 Å². The van der Waals surface area contributed by atoms with Crippen LogP contribution >= 0.6 is 0 Å². The molecule has 0 aliphatic carbocycles. The highest BCUT2D eigenvalue weighted by Crippen LogP contribution is 2.40. The molecule has 0 nitrogen and oxygen atoms in total. The van der Waals surface area contributed by atoms with E-state index in [1.165, 1.54) is 110 Å². The highest BCUT2D eigenvalue weighted by Gasteiger charge is 2.13. The third kappa shape index (κ3) is 6.22. The molecule has 0 N–H and O–H groups in total. The molecule has 11 aromatic carbocycles. The molecule has 270 valence electrons. The van der Waals surface area contributed by atoms with Gasteiger partial charge in [-0.3, -0.25) is 0 Å². The fraction of sp³-hybridized carbons (Fsp3) is 0. The molecular weight excluding hydrogens is 697 g/mol. The van der Waals surface area contributed by atoms with Crippen molar-refractivity contribution < 1.29 is 0 Å². The molecule has 0 aliphatic heterocycles. The van der Waals surface area contributed by atoms with Gasteiger partial charge >= 0.3 is 0 Å². The van der Waals surface area contributed by atoms with Gasteiger partial charge in [0.15, 0.2) is 0 Å². The van der Waals surface area contributed by atoms with E-state index in [0.29, 0.717) is 0 Å². The van der Waals surface area contributed by atoms with Crippen LogP contribution in [0.3, 0.4) is 0 Å². The summed E-state index contributed by atoms with van der Waals surface area (Å²) in [5.74, 6) is 0. The quantitative estimate of drug-likeness (QED) is 0.160. The zero-order chi connectivity index (χ0) is 38.4. The first-order valence-corrected chi connectivity index (χ1v) is 20.1. The lowest BCUT2D eigenvalue weighted by Gasteiger charge is -2.15. The van der Waals surface area contributed by atoms with Crippen LogP contribution in [0, 0.1) is 0 Å². The van der Waals surface area contributed by atoms with E-state index >= 15 is 0 Å². The summed E-state index contributed by atoms with van der Waals surface area (Å²) in [5.41, 5.74) is 14.5. The Morgan fingerprint density at radius 3 is 0.897 bits per heavy atom. The molecule has 0 spiro atoms. The Morgan fingerprint density at radius 1 is 0.155 bits per heavy atom. The van der Waals surface area contributed by atoms with Gasteiger partial charge in [0.2, 0.25) is 0 Å². The van der Waals surface area contributed by atoms with E-state index in [2.05, 4.69) is 231 Å². The summed E-state index contributed by atoms with van der Waals surface area (Å²) < 4.78 is 0. The smallest absolute Gasteiger partial charge is 0.0105 e. The Morgan fingerprint density at radius 2 is 0.466 bits per heavy atom. The average Bonchev–Trinajstić information content (AvgIpc) is 3.30. The first-order chi connectivity index (χ1) is 28.7. The number of benzene rings is 11. The van der Waals surface area contributed by atoms with Crippen LogP contribution in [0.5, 0.6) is 0 Å². The summed E-state index contributed by atoms with van der Waals surface area (Å²) in [6.07, 6.45) is 0. The summed E-state index contributed by atoms with van der Waals surface area (Å²) in [5, 5.41) is 10.0. The lowest BCUT2D eigenvalue weighted by molar-refractivity contribution is 1.56. The lowest BCUT2D eigenvalue weighted by atomic mass is 9.89. The molecule has 0 unspecified atom stereocenters. The van der Waals surface area contributed by atoms with Crippen molar-refractivity contribution in [2.45, 2.75) is 0 Å². The predicted octanol–water partition coefficient (Wildman–Crippen LogP) is 16.3. The fourth-order valence-electron chi connectivity index (χ4n) is 8.78. The zero-order valence-electron chi connectivity index (χ0n) is 31.9. The summed E-state index contributed by atoms with van der Waals surface area (Å²) in [4.78, 5) is 0. The lowest BCUT2D eigenvalue weighted by Crippen LogP contribution is -1.89. The molecule has 0 atom stereocenters. The topological polar surface area (TPSA) is 0 Å². The van der Waals surface area contributed by atoms with Crippen molar-refractivity contribution in [3.63, 3.8) is 0 Å². The maximum absolute atomic E-state index is 2.36. The second-order valence-electron chi connectivity index (χ2n) is 15.4. The minimum absolute atomic E-state index is 1.19. The van der Waals surface area contributed by atoms with Gasteiger partial charge < -0.3 is 0 Å². The Bertz CT molecular complexity index is 3090. The van der Waals surface area contributed by atoms with Crippen LogP contribution in [0.25, 0.3) is 110 Å². The van der Waals surface area contributed by atoms with Crippen LogP contribution in [0.1, 0.15) is 0 Å². The summed E-state index contributed by atoms with van der Waals surface area (Å²) in [6, 6.07) is 84.8. The van der Waals surface area contributed by atoms with Gasteiger partial charge in [-0.05, 0) is 158 Å². The molecule has 0 aromatic heterocycles. The van der Waals surface area contributed by atoms with Crippen molar-refractivity contribution in [2.75, 3.05) is 0 Å². The van der Waals surface area contributed by atoms with E-state index in [1.807, 2.05) is 0 Å². The maximum atomic E-state index is 2.36. The molecule has 0 amide bonds. The molecular formula is C58H38. The van der Waals surface area contributed by atoms with Gasteiger partial charge in [-0.25, -0.2) is 0 Å². The van der Waals surface area contributed by atoms with Crippen molar-refractivity contribution in [1.82, 2.24) is 0 Å². The second-order valence-corrected chi connectivity index (χ2v) is 15.4. The highest BCUT2D eigenvalue weighted by molar-refractivity contribution is 6.00. The molecule has 0 bridgehead atoms. The zero-order valence-corrected chi connectivity index (χ0v) is 31.9. The standard InChI is InChI=1S/C58H38/c1-3-15-45-31-47(29-27-39(45)11-1)51-33-49(35-53(37-51)57-21-9-17-43-13-5-7-19-55(43)57)41-23-25-42(26-24-41)50-34-52(48-30-28-40-12-2-4-16-46(40)32-48)38-54(36-50)58-22-10-18-44-14-6-8-20-56(44)58/h1-38H. The second kappa shape index (κ2) is 14.2. The predicted molar refractivity (Wildman–Crippen MR) is 249 cm³/mol. The van der Waals surface area contributed by atoms with E-state index in [1.54, 1.807) is 0 Å². The SMILES string of the molecule is c1ccc2cc(-c3cc(-c4ccc(-c5cc(-c6ccc7ccccc7c6)cc(-c6cccc7ccccc67)c5)cc4)cc(-c4cccc5ccccc45)c3)ccc2c1. The van der Waals surface area contributed by atoms with Crippen molar-refractivity contribution in [3.8, 4) is 66.8 Å². The average molecular weight is 735 g/mol. The highest BCUT2D eigenvalue weighted by atomic mass is 14.2. The minimum Gasteiger partial charge on any atom is -0.0616 e. The van der Waals surface area contributed by atoms with E-state index in [9.17, 15) is 0 Å². The summed E-state index contributed by atoms with van der Waals surface area (Å²) in [7, 11) is 0. The van der Waals surface area contributed by atoms with Gasteiger partial charge in [-0.15, -0.1) is 0 Å². The number of hydrogen-bond acceptors (Lipinski definition) is 0. The van der Waals surface area contributed by atoms with Crippen molar-refractivity contribution >= 4 is 43.1 Å². The van der Waals surface area contributed by atoms with Crippen LogP contribution in [0.4, 0.5) is 0 Å². The van der Waals surface area contributed by atoms with Gasteiger partial charge in [0.05, 0.1) is 0 Å². The molecule has 0 fully saturated rings. The van der Waals surface area contributed by atoms with Crippen molar-refractivity contribution in [3.05, 3.63) is 231 Å². The minimum atomic E-state index is 1.19. The maximum Gasteiger partial charge on any atom is -0.0105 e. The molecule has 11 rings (SSSR count). The Kier molecular flexibility index (Phi) is 8.26. The number of hydrogen-bond donors (Lipinski definition) is 0. The van der Waals surface area contributed by atoms with E-state index in [0.717, 1.165) is 0 Å². The van der Waals surface area contributed by atoms with Crippen LogP contribution in [-0.2, 0) is 0 Å². The van der Waals surface area contributed by atoms with E-state index in [-0.39, 0.29) is 0 Å². The first-order valence-electron chi connectivity index (χ1n) is 20.1. The molecule has 11 aromatic rings. The van der Waals surface area contributed by atoms with Gasteiger partial charge in [0, 0.05) is 0 Å². The van der Waals surface area contributed by atoms with Gasteiger partial charge in [-0.1, -0.05) is 182 Å². The van der Waals surface area contributed by atoms with Gasteiger partial charge in [0.1, 0.15) is 0 Å². The Hall–Kier alpha value is -7.54. The summed E-state index contributed by atoms with van der Waals surface area (Å²) >= 11 is 0.